The van der Waals surface area contributed by atoms with Crippen molar-refractivity contribution < 1.29 is 14.4 Å². The van der Waals surface area contributed by atoms with Crippen molar-refractivity contribution in [2.75, 3.05) is 5.73 Å². The molecule has 0 unspecified atom stereocenters. The summed E-state index contributed by atoms with van der Waals surface area (Å²) >= 11 is 1.19. The maximum atomic E-state index is 10.9. The zero-order chi connectivity index (χ0) is 10.1. The number of nitrogens with zero attached hydrogens (tertiary/aromatic N) is 1. The van der Waals surface area contributed by atoms with E-state index in [1.165, 1.54) is 23.8 Å². The predicted molar refractivity (Wildman–Crippen MR) is 51.2 cm³/mol. The molecule has 14 heavy (non-hydrogen) atoms. The quantitative estimate of drug-likeness (QED) is 0.787. The van der Waals surface area contributed by atoms with Gasteiger partial charge >= 0.3 is 5.97 Å². The number of rotatable bonds is 2. The van der Waals surface area contributed by atoms with Gasteiger partial charge in [0.25, 0.3) is 0 Å². The third-order valence-electron chi connectivity index (χ3n) is 1.78. The Balaban J connectivity index is 2.60. The van der Waals surface area contributed by atoms with E-state index in [2.05, 4.69) is 9.68 Å². The van der Waals surface area contributed by atoms with Crippen molar-refractivity contribution in [1.29, 1.82) is 0 Å². The fraction of sp³-hybridized carbons (Fsp3) is 0. The van der Waals surface area contributed by atoms with E-state index in [9.17, 15) is 4.79 Å². The minimum absolute atomic E-state index is 0.109. The first-order valence-corrected chi connectivity index (χ1v) is 4.58. The van der Waals surface area contributed by atoms with Gasteiger partial charge in [0.15, 0.2) is 0 Å². The monoisotopic (exact) mass is 210 g/mol. The number of nitrogens with two attached hydrogens (primary N) is 1. The standard InChI is InChI=1S/C8H6N2O3S/c9-7-6(8(11)12)5(3-14-7)4-1-10-13-2-4/h1-3H,9H2,(H,11,12). The molecule has 0 radical (unpaired) electrons. The molecule has 0 aliphatic heterocycles. The van der Waals surface area contributed by atoms with Crippen molar-refractivity contribution in [2.45, 2.75) is 0 Å². The summed E-state index contributed by atoms with van der Waals surface area (Å²) in [6, 6.07) is 0. The van der Waals surface area contributed by atoms with Crippen LogP contribution in [0.5, 0.6) is 0 Å². The minimum Gasteiger partial charge on any atom is -0.478 e. The van der Waals surface area contributed by atoms with Crippen LogP contribution >= 0.6 is 11.3 Å². The first-order valence-electron chi connectivity index (χ1n) is 3.70. The number of nitrogen functional groups attached to an aromatic ring is 1. The Morgan fingerprint density at radius 1 is 1.64 bits per heavy atom. The highest BCUT2D eigenvalue weighted by atomic mass is 32.1. The van der Waals surface area contributed by atoms with Crippen LogP contribution in [0.1, 0.15) is 10.4 Å². The van der Waals surface area contributed by atoms with Gasteiger partial charge in [-0.2, -0.15) is 0 Å². The highest BCUT2D eigenvalue weighted by Gasteiger charge is 2.18. The zero-order valence-corrected chi connectivity index (χ0v) is 7.75. The van der Waals surface area contributed by atoms with Crippen LogP contribution in [0.25, 0.3) is 11.1 Å². The molecule has 0 aliphatic carbocycles. The SMILES string of the molecule is Nc1scc(-c2cnoc2)c1C(=O)O. The maximum absolute atomic E-state index is 10.9. The summed E-state index contributed by atoms with van der Waals surface area (Å²) in [6.45, 7) is 0. The van der Waals surface area contributed by atoms with Crippen LogP contribution < -0.4 is 5.73 Å². The van der Waals surface area contributed by atoms with E-state index in [4.69, 9.17) is 10.8 Å². The minimum atomic E-state index is -1.04. The Bertz CT molecular complexity index is 461. The first-order chi connectivity index (χ1) is 6.70. The van der Waals surface area contributed by atoms with Crippen LogP contribution in [0.4, 0.5) is 5.00 Å². The number of hydrogen-bond donors (Lipinski definition) is 2. The molecule has 0 spiro atoms. The van der Waals surface area contributed by atoms with Gasteiger partial charge < -0.3 is 15.4 Å². The molecule has 0 amide bonds. The Morgan fingerprint density at radius 3 is 3.00 bits per heavy atom. The van der Waals surface area contributed by atoms with Crippen LogP contribution in [0, 0.1) is 0 Å². The number of anilines is 1. The maximum Gasteiger partial charge on any atom is 0.339 e. The van der Waals surface area contributed by atoms with E-state index in [1.807, 2.05) is 0 Å². The van der Waals surface area contributed by atoms with Crippen LogP contribution in [0.15, 0.2) is 22.4 Å². The average Bonchev–Trinajstić information content (AvgIpc) is 2.70. The number of hydrogen-bond acceptors (Lipinski definition) is 5. The van der Waals surface area contributed by atoms with Crippen molar-refractivity contribution in [3.8, 4) is 11.1 Å². The van der Waals surface area contributed by atoms with Crippen molar-refractivity contribution in [1.82, 2.24) is 5.16 Å². The highest BCUT2D eigenvalue weighted by Crippen LogP contribution is 2.33. The Labute approximate surface area is 82.8 Å². The van der Waals surface area contributed by atoms with E-state index in [-0.39, 0.29) is 10.6 Å². The van der Waals surface area contributed by atoms with Crippen molar-refractivity contribution in [2.24, 2.45) is 0 Å². The summed E-state index contributed by atoms with van der Waals surface area (Å²) in [5.41, 5.74) is 6.81. The molecular weight excluding hydrogens is 204 g/mol. The summed E-state index contributed by atoms with van der Waals surface area (Å²) in [5, 5.41) is 14.4. The molecule has 2 aromatic heterocycles. The summed E-state index contributed by atoms with van der Waals surface area (Å²) < 4.78 is 4.63. The molecule has 5 nitrogen and oxygen atoms in total. The molecule has 72 valence electrons. The van der Waals surface area contributed by atoms with Gasteiger partial charge in [-0.3, -0.25) is 0 Å². The molecule has 0 fully saturated rings. The molecule has 2 heterocycles. The Hall–Kier alpha value is -1.82. The zero-order valence-electron chi connectivity index (χ0n) is 6.93. The van der Waals surface area contributed by atoms with Gasteiger partial charge in [-0.25, -0.2) is 4.79 Å². The molecule has 6 heteroatoms. The normalized spacial score (nSPS) is 10.3. The molecule has 2 rings (SSSR count). The third kappa shape index (κ3) is 1.25. The molecule has 0 saturated heterocycles. The Kier molecular flexibility index (Phi) is 1.97. The summed E-state index contributed by atoms with van der Waals surface area (Å²) in [6.07, 6.45) is 2.84. The lowest BCUT2D eigenvalue weighted by atomic mass is 10.1. The fourth-order valence-corrected chi connectivity index (χ4v) is 1.96. The third-order valence-corrected chi connectivity index (χ3v) is 2.59. The second-order valence-electron chi connectivity index (χ2n) is 2.61. The molecule has 0 aliphatic rings. The van der Waals surface area contributed by atoms with Gasteiger partial charge in [-0.15, -0.1) is 11.3 Å². The van der Waals surface area contributed by atoms with Crippen LogP contribution in [0.2, 0.25) is 0 Å². The van der Waals surface area contributed by atoms with Gasteiger partial charge in [-0.05, 0) is 0 Å². The number of carbonyl (C=O) groups is 1. The van der Waals surface area contributed by atoms with Gasteiger partial charge in [0.05, 0.1) is 6.20 Å². The lowest BCUT2D eigenvalue weighted by molar-refractivity contribution is 0.0699. The van der Waals surface area contributed by atoms with Crippen LogP contribution in [0.3, 0.4) is 0 Å². The predicted octanol–water partition coefficient (Wildman–Crippen LogP) is 1.68. The van der Waals surface area contributed by atoms with Crippen LogP contribution in [-0.4, -0.2) is 16.2 Å². The topological polar surface area (TPSA) is 89.4 Å². The van der Waals surface area contributed by atoms with Gasteiger partial charge in [0.1, 0.15) is 16.8 Å². The molecule has 0 bridgehead atoms. The molecular formula is C8H6N2O3S. The van der Waals surface area contributed by atoms with Crippen molar-refractivity contribution in [3.05, 3.63) is 23.4 Å². The number of carboxylic acids is 1. The molecule has 0 saturated carbocycles. The average molecular weight is 210 g/mol. The number of carboxylic acid groups (broad SMARTS) is 1. The summed E-state index contributed by atoms with van der Waals surface area (Å²) in [5.74, 6) is -1.04. The first kappa shape index (κ1) is 8.76. The summed E-state index contributed by atoms with van der Waals surface area (Å²) in [7, 11) is 0. The number of aromatic nitrogens is 1. The van der Waals surface area contributed by atoms with Crippen molar-refractivity contribution >= 4 is 22.3 Å². The van der Waals surface area contributed by atoms with Gasteiger partial charge in [0.2, 0.25) is 0 Å². The van der Waals surface area contributed by atoms with Gasteiger partial charge in [-0.1, -0.05) is 5.16 Å². The van der Waals surface area contributed by atoms with E-state index >= 15 is 0 Å². The van der Waals surface area contributed by atoms with Gasteiger partial charge in [0, 0.05) is 16.5 Å². The van der Waals surface area contributed by atoms with E-state index in [1.54, 1.807) is 5.38 Å². The largest absolute Gasteiger partial charge is 0.478 e. The highest BCUT2D eigenvalue weighted by molar-refractivity contribution is 7.14. The summed E-state index contributed by atoms with van der Waals surface area (Å²) in [4.78, 5) is 10.9. The Morgan fingerprint density at radius 2 is 2.43 bits per heavy atom. The van der Waals surface area contributed by atoms with E-state index in [0.29, 0.717) is 11.1 Å². The number of thiophene rings is 1. The van der Waals surface area contributed by atoms with E-state index in [0.717, 1.165) is 0 Å². The second kappa shape index (κ2) is 3.15. The smallest absolute Gasteiger partial charge is 0.339 e. The molecule has 0 aromatic carbocycles. The van der Waals surface area contributed by atoms with Crippen molar-refractivity contribution in [3.63, 3.8) is 0 Å². The lowest BCUT2D eigenvalue weighted by Crippen LogP contribution is -2.00. The molecule has 3 N–H and O–H groups in total. The lowest BCUT2D eigenvalue weighted by Gasteiger charge is -1.95. The fourth-order valence-electron chi connectivity index (χ4n) is 1.14. The van der Waals surface area contributed by atoms with E-state index < -0.39 is 5.97 Å². The van der Waals surface area contributed by atoms with Crippen LogP contribution in [-0.2, 0) is 0 Å². The second-order valence-corrected chi connectivity index (χ2v) is 3.52. The molecule has 0 atom stereocenters. The number of aromatic carboxylic acids is 1. The molecule has 2 aromatic rings.